The average Bonchev–Trinajstić information content (AvgIpc) is 2.56. The Morgan fingerprint density at radius 3 is 2.48 bits per heavy atom. The first-order chi connectivity index (χ1) is 12.0. The van der Waals surface area contributed by atoms with E-state index < -0.39 is 6.10 Å². The molecule has 25 heavy (non-hydrogen) atoms. The molecule has 6 heteroatoms. The minimum absolute atomic E-state index is 0.151. The van der Waals surface area contributed by atoms with Gasteiger partial charge in [-0.3, -0.25) is 9.69 Å². The van der Waals surface area contributed by atoms with E-state index in [1.165, 1.54) is 10.7 Å². The molecular formula is C19H25N3O3. The number of benzene rings is 1. The zero-order valence-corrected chi connectivity index (χ0v) is 14.7. The van der Waals surface area contributed by atoms with Gasteiger partial charge >= 0.3 is 0 Å². The van der Waals surface area contributed by atoms with Gasteiger partial charge < -0.3 is 9.84 Å². The largest absolute Gasteiger partial charge is 0.390 e. The molecule has 1 saturated heterocycles. The molecule has 0 unspecified atom stereocenters. The lowest BCUT2D eigenvalue weighted by molar-refractivity contribution is -0.0774. The standard InChI is InChI=1S/C19H25N3O3/c1-14-10-21(11-15(2)25-14)12-17(23)13-22-19(24)9-8-18(20-22)16-6-4-3-5-7-16/h3-9,14-15,17,23H,10-13H2,1-2H3/t14-,15-,17+/m1/s1. The Hall–Kier alpha value is -2.02. The summed E-state index contributed by atoms with van der Waals surface area (Å²) in [4.78, 5) is 14.3. The van der Waals surface area contributed by atoms with Gasteiger partial charge in [-0.1, -0.05) is 30.3 Å². The van der Waals surface area contributed by atoms with Crippen molar-refractivity contribution in [3.05, 3.63) is 52.8 Å². The van der Waals surface area contributed by atoms with Gasteiger partial charge in [-0.25, -0.2) is 4.68 Å². The molecule has 1 aromatic carbocycles. The van der Waals surface area contributed by atoms with Gasteiger partial charge in [0.1, 0.15) is 0 Å². The van der Waals surface area contributed by atoms with E-state index >= 15 is 0 Å². The predicted molar refractivity (Wildman–Crippen MR) is 96.4 cm³/mol. The van der Waals surface area contributed by atoms with Crippen LogP contribution in [0.1, 0.15) is 13.8 Å². The van der Waals surface area contributed by atoms with Crippen molar-refractivity contribution in [2.24, 2.45) is 0 Å². The van der Waals surface area contributed by atoms with E-state index in [2.05, 4.69) is 10.00 Å². The molecule has 1 aliphatic heterocycles. The van der Waals surface area contributed by atoms with Crippen LogP contribution in [0.3, 0.4) is 0 Å². The van der Waals surface area contributed by atoms with Crippen LogP contribution in [0, 0.1) is 0 Å². The maximum Gasteiger partial charge on any atom is 0.266 e. The zero-order valence-electron chi connectivity index (χ0n) is 14.7. The molecule has 1 N–H and O–H groups in total. The van der Waals surface area contributed by atoms with E-state index in [-0.39, 0.29) is 24.3 Å². The predicted octanol–water partition coefficient (Wildman–Crippen LogP) is 1.38. The number of ether oxygens (including phenoxy) is 1. The fraction of sp³-hybridized carbons (Fsp3) is 0.474. The molecule has 2 heterocycles. The second-order valence-corrected chi connectivity index (χ2v) is 6.73. The van der Waals surface area contributed by atoms with Crippen LogP contribution in [0.4, 0.5) is 0 Å². The lowest BCUT2D eigenvalue weighted by Gasteiger charge is -2.36. The summed E-state index contributed by atoms with van der Waals surface area (Å²) in [6, 6.07) is 12.9. The topological polar surface area (TPSA) is 67.6 Å². The van der Waals surface area contributed by atoms with Crippen LogP contribution in [0.15, 0.2) is 47.3 Å². The Labute approximate surface area is 147 Å². The Kier molecular flexibility index (Phi) is 5.63. The van der Waals surface area contributed by atoms with E-state index in [1.807, 2.05) is 44.2 Å². The molecule has 0 saturated carbocycles. The Balaban J connectivity index is 1.68. The average molecular weight is 343 g/mol. The number of hydrogen-bond donors (Lipinski definition) is 1. The SMILES string of the molecule is C[C@@H]1CN(C[C@H](O)Cn2nc(-c3ccccc3)ccc2=O)C[C@@H](C)O1. The van der Waals surface area contributed by atoms with Crippen molar-refractivity contribution >= 4 is 0 Å². The third kappa shape index (κ3) is 4.75. The van der Waals surface area contributed by atoms with Gasteiger partial charge in [0.2, 0.25) is 0 Å². The number of rotatable bonds is 5. The monoisotopic (exact) mass is 343 g/mol. The summed E-state index contributed by atoms with van der Waals surface area (Å²) >= 11 is 0. The molecule has 0 aliphatic carbocycles. The quantitative estimate of drug-likeness (QED) is 0.888. The van der Waals surface area contributed by atoms with E-state index in [9.17, 15) is 9.90 Å². The van der Waals surface area contributed by atoms with Crippen LogP contribution >= 0.6 is 0 Å². The fourth-order valence-corrected chi connectivity index (χ4v) is 3.33. The summed E-state index contributed by atoms with van der Waals surface area (Å²) in [6.07, 6.45) is -0.356. The lowest BCUT2D eigenvalue weighted by Crippen LogP contribution is -2.48. The van der Waals surface area contributed by atoms with Crippen molar-refractivity contribution in [1.82, 2.24) is 14.7 Å². The maximum absolute atomic E-state index is 12.1. The molecule has 1 aliphatic rings. The number of β-amino-alcohol motifs (C(OH)–C–C–N with tert-alkyl or cyclic N) is 1. The van der Waals surface area contributed by atoms with Crippen LogP contribution in [0.25, 0.3) is 11.3 Å². The molecule has 0 spiro atoms. The highest BCUT2D eigenvalue weighted by Gasteiger charge is 2.24. The first-order valence-electron chi connectivity index (χ1n) is 8.70. The number of aliphatic hydroxyl groups is 1. The molecule has 2 aromatic rings. The summed E-state index contributed by atoms with van der Waals surface area (Å²) in [5.41, 5.74) is 1.46. The van der Waals surface area contributed by atoms with Crippen molar-refractivity contribution in [2.75, 3.05) is 19.6 Å². The Bertz CT molecular complexity index is 737. The van der Waals surface area contributed by atoms with E-state index in [0.717, 1.165) is 24.3 Å². The van der Waals surface area contributed by atoms with E-state index in [4.69, 9.17) is 4.74 Å². The third-order valence-corrected chi connectivity index (χ3v) is 4.28. The van der Waals surface area contributed by atoms with Gasteiger partial charge in [-0.15, -0.1) is 0 Å². The number of morpholine rings is 1. The minimum atomic E-state index is -0.659. The van der Waals surface area contributed by atoms with Crippen molar-refractivity contribution in [3.8, 4) is 11.3 Å². The van der Waals surface area contributed by atoms with Gasteiger partial charge in [0, 0.05) is 31.3 Å². The maximum atomic E-state index is 12.1. The minimum Gasteiger partial charge on any atom is -0.390 e. The van der Waals surface area contributed by atoms with Crippen LogP contribution < -0.4 is 5.56 Å². The highest BCUT2D eigenvalue weighted by atomic mass is 16.5. The molecule has 134 valence electrons. The lowest BCUT2D eigenvalue weighted by atomic mass is 10.1. The molecule has 3 atom stereocenters. The fourth-order valence-electron chi connectivity index (χ4n) is 3.33. The number of aromatic nitrogens is 2. The van der Waals surface area contributed by atoms with Gasteiger partial charge in [0.05, 0.1) is 30.6 Å². The number of nitrogens with zero attached hydrogens (tertiary/aromatic N) is 3. The summed E-state index contributed by atoms with van der Waals surface area (Å²) in [5.74, 6) is 0. The van der Waals surface area contributed by atoms with Gasteiger partial charge in [0.25, 0.3) is 5.56 Å². The van der Waals surface area contributed by atoms with Crippen LogP contribution in [-0.4, -0.2) is 57.7 Å². The van der Waals surface area contributed by atoms with Crippen molar-refractivity contribution in [1.29, 1.82) is 0 Å². The molecule has 0 amide bonds. The number of aliphatic hydroxyl groups excluding tert-OH is 1. The molecule has 6 nitrogen and oxygen atoms in total. The summed E-state index contributed by atoms with van der Waals surface area (Å²) in [5, 5.41) is 14.8. The normalized spacial score (nSPS) is 22.7. The molecule has 0 bridgehead atoms. The van der Waals surface area contributed by atoms with Crippen LogP contribution in [0.2, 0.25) is 0 Å². The second kappa shape index (κ2) is 7.91. The Morgan fingerprint density at radius 2 is 1.80 bits per heavy atom. The highest BCUT2D eigenvalue weighted by Crippen LogP contribution is 2.14. The smallest absolute Gasteiger partial charge is 0.266 e. The molecule has 3 rings (SSSR count). The summed E-state index contributed by atoms with van der Waals surface area (Å²) in [6.45, 7) is 6.32. The third-order valence-electron chi connectivity index (χ3n) is 4.28. The number of hydrogen-bond acceptors (Lipinski definition) is 5. The molecule has 0 radical (unpaired) electrons. The molecule has 1 aromatic heterocycles. The van der Waals surface area contributed by atoms with E-state index in [0.29, 0.717) is 6.54 Å². The van der Waals surface area contributed by atoms with Crippen LogP contribution in [-0.2, 0) is 11.3 Å². The van der Waals surface area contributed by atoms with Crippen molar-refractivity contribution in [2.45, 2.75) is 38.7 Å². The molecular weight excluding hydrogens is 318 g/mol. The van der Waals surface area contributed by atoms with Gasteiger partial charge in [0.15, 0.2) is 0 Å². The molecule has 1 fully saturated rings. The van der Waals surface area contributed by atoms with Gasteiger partial charge in [-0.05, 0) is 19.9 Å². The first kappa shape index (κ1) is 17.8. The van der Waals surface area contributed by atoms with Crippen LogP contribution in [0.5, 0.6) is 0 Å². The Morgan fingerprint density at radius 1 is 1.12 bits per heavy atom. The zero-order chi connectivity index (χ0) is 17.8. The highest BCUT2D eigenvalue weighted by molar-refractivity contribution is 5.57. The summed E-state index contributed by atoms with van der Waals surface area (Å²) in [7, 11) is 0. The second-order valence-electron chi connectivity index (χ2n) is 6.73. The van der Waals surface area contributed by atoms with Crippen molar-refractivity contribution in [3.63, 3.8) is 0 Å². The van der Waals surface area contributed by atoms with E-state index in [1.54, 1.807) is 6.07 Å². The van der Waals surface area contributed by atoms with Gasteiger partial charge in [-0.2, -0.15) is 5.10 Å². The summed E-state index contributed by atoms with van der Waals surface area (Å²) < 4.78 is 7.06. The van der Waals surface area contributed by atoms with Crippen molar-refractivity contribution < 1.29 is 9.84 Å². The first-order valence-corrected chi connectivity index (χ1v) is 8.70.